The van der Waals surface area contributed by atoms with E-state index in [0.717, 1.165) is 5.39 Å². The van der Waals surface area contributed by atoms with Gasteiger partial charge in [-0.1, -0.05) is 30.3 Å². The number of hydrogen-bond acceptors (Lipinski definition) is 5. The van der Waals surface area contributed by atoms with E-state index in [1.54, 1.807) is 67.8 Å². The van der Waals surface area contributed by atoms with E-state index in [-0.39, 0.29) is 11.7 Å². The molecular formula is C24H20N2O5. The molecule has 0 spiro atoms. The third-order valence-corrected chi connectivity index (χ3v) is 4.70. The zero-order chi connectivity index (χ0) is 21.8. The number of hydrogen-bond donors (Lipinski definition) is 2. The first-order chi connectivity index (χ1) is 15.1. The molecule has 156 valence electrons. The maximum Gasteiger partial charge on any atom is 0.291 e. The molecule has 0 radical (unpaired) electrons. The summed E-state index contributed by atoms with van der Waals surface area (Å²) in [6.45, 7) is 0. The number of benzene rings is 3. The summed E-state index contributed by atoms with van der Waals surface area (Å²) in [5, 5.41) is 6.31. The second-order valence-electron chi connectivity index (χ2n) is 6.68. The van der Waals surface area contributed by atoms with E-state index in [1.165, 1.54) is 7.11 Å². The molecule has 2 amide bonds. The fraction of sp³-hybridized carbons (Fsp3) is 0.0833. The molecule has 1 heterocycles. The molecule has 3 aromatic carbocycles. The second-order valence-corrected chi connectivity index (χ2v) is 6.68. The lowest BCUT2D eigenvalue weighted by atomic mass is 10.1. The van der Waals surface area contributed by atoms with Crippen LogP contribution in [0, 0.1) is 0 Å². The van der Waals surface area contributed by atoms with Crippen LogP contribution in [0.15, 0.2) is 77.2 Å². The number of furan rings is 1. The number of anilines is 2. The van der Waals surface area contributed by atoms with Crippen LogP contribution in [-0.4, -0.2) is 26.0 Å². The van der Waals surface area contributed by atoms with Gasteiger partial charge in [-0.2, -0.15) is 0 Å². The highest BCUT2D eigenvalue weighted by Gasteiger charge is 2.18. The summed E-state index contributed by atoms with van der Waals surface area (Å²) in [7, 11) is 3.09. The highest BCUT2D eigenvalue weighted by atomic mass is 16.5. The quantitative estimate of drug-likeness (QED) is 0.464. The van der Waals surface area contributed by atoms with Gasteiger partial charge in [0, 0.05) is 17.1 Å². The van der Waals surface area contributed by atoms with E-state index < -0.39 is 5.91 Å². The van der Waals surface area contributed by atoms with Crippen LogP contribution in [-0.2, 0) is 0 Å². The van der Waals surface area contributed by atoms with Gasteiger partial charge in [0.1, 0.15) is 5.75 Å². The summed E-state index contributed by atoms with van der Waals surface area (Å²) in [6.07, 6.45) is 0. The number of amides is 2. The molecule has 7 nitrogen and oxygen atoms in total. The topological polar surface area (TPSA) is 89.8 Å². The summed E-state index contributed by atoms with van der Waals surface area (Å²) in [5.41, 5.74) is 1.74. The van der Waals surface area contributed by atoms with Crippen molar-refractivity contribution < 1.29 is 23.5 Å². The molecule has 4 rings (SSSR count). The molecule has 0 aliphatic heterocycles. The second kappa shape index (κ2) is 8.62. The Bertz CT molecular complexity index is 1260. The molecule has 0 saturated carbocycles. The predicted octanol–water partition coefficient (Wildman–Crippen LogP) is 4.95. The Hall–Kier alpha value is -4.26. The minimum atomic E-state index is -0.472. The van der Waals surface area contributed by atoms with Crippen molar-refractivity contribution in [1.82, 2.24) is 0 Å². The molecule has 0 bridgehead atoms. The van der Waals surface area contributed by atoms with E-state index in [1.807, 2.05) is 12.1 Å². The first kappa shape index (κ1) is 20.0. The van der Waals surface area contributed by atoms with E-state index in [4.69, 9.17) is 13.9 Å². The van der Waals surface area contributed by atoms with Crippen molar-refractivity contribution in [1.29, 1.82) is 0 Å². The van der Waals surface area contributed by atoms with Gasteiger partial charge in [-0.25, -0.2) is 0 Å². The van der Waals surface area contributed by atoms with Gasteiger partial charge in [-0.05, 0) is 36.4 Å². The van der Waals surface area contributed by atoms with Gasteiger partial charge in [0.15, 0.2) is 17.1 Å². The lowest BCUT2D eigenvalue weighted by molar-refractivity contribution is 0.0998. The van der Waals surface area contributed by atoms with E-state index in [2.05, 4.69) is 10.6 Å². The van der Waals surface area contributed by atoms with Crippen molar-refractivity contribution in [3.05, 3.63) is 84.1 Å². The van der Waals surface area contributed by atoms with Gasteiger partial charge in [0.25, 0.3) is 11.8 Å². The lowest BCUT2D eigenvalue weighted by Crippen LogP contribution is -2.18. The van der Waals surface area contributed by atoms with Gasteiger partial charge in [0.2, 0.25) is 0 Å². The van der Waals surface area contributed by atoms with Crippen LogP contribution in [0.5, 0.6) is 11.5 Å². The van der Waals surface area contributed by atoms with E-state index >= 15 is 0 Å². The van der Waals surface area contributed by atoms with Gasteiger partial charge < -0.3 is 24.5 Å². The maximum atomic E-state index is 12.8. The van der Waals surface area contributed by atoms with Crippen LogP contribution >= 0.6 is 0 Å². The average Bonchev–Trinajstić information content (AvgIpc) is 3.24. The number of ether oxygens (including phenoxy) is 2. The maximum absolute atomic E-state index is 12.8. The zero-order valence-corrected chi connectivity index (χ0v) is 17.0. The summed E-state index contributed by atoms with van der Waals surface area (Å²) in [4.78, 5) is 25.6. The van der Waals surface area contributed by atoms with Gasteiger partial charge in [0.05, 0.1) is 25.5 Å². The Morgan fingerprint density at radius 2 is 1.61 bits per heavy atom. The Morgan fingerprint density at radius 3 is 2.42 bits per heavy atom. The van der Waals surface area contributed by atoms with Crippen molar-refractivity contribution in [3.63, 3.8) is 0 Å². The number of methoxy groups -OCH3 is 2. The van der Waals surface area contributed by atoms with Crippen molar-refractivity contribution in [3.8, 4) is 11.5 Å². The van der Waals surface area contributed by atoms with Crippen LogP contribution in [0.3, 0.4) is 0 Å². The molecular weight excluding hydrogens is 396 g/mol. The first-order valence-electron chi connectivity index (χ1n) is 9.51. The van der Waals surface area contributed by atoms with Gasteiger partial charge in [-0.15, -0.1) is 0 Å². The Labute approximate surface area is 178 Å². The summed E-state index contributed by atoms with van der Waals surface area (Å²) >= 11 is 0. The molecule has 7 heteroatoms. The molecule has 0 aliphatic carbocycles. The molecule has 0 fully saturated rings. The van der Waals surface area contributed by atoms with E-state index in [9.17, 15) is 9.59 Å². The Balaban J connectivity index is 1.57. The predicted molar refractivity (Wildman–Crippen MR) is 118 cm³/mol. The number of carbonyl (C=O) groups excluding carboxylic acids is 2. The summed E-state index contributed by atoms with van der Waals surface area (Å²) in [5.74, 6) is 0.437. The molecule has 0 unspecified atom stereocenters. The summed E-state index contributed by atoms with van der Waals surface area (Å²) in [6, 6.07) is 20.8. The van der Waals surface area contributed by atoms with Gasteiger partial charge >= 0.3 is 0 Å². The normalized spacial score (nSPS) is 10.5. The van der Waals surface area contributed by atoms with Crippen LogP contribution in [0.2, 0.25) is 0 Å². The fourth-order valence-electron chi connectivity index (χ4n) is 3.18. The van der Waals surface area contributed by atoms with Crippen molar-refractivity contribution in [2.45, 2.75) is 0 Å². The minimum absolute atomic E-state index is 0.113. The van der Waals surface area contributed by atoms with Crippen LogP contribution in [0.4, 0.5) is 11.4 Å². The molecule has 0 saturated heterocycles. The number of carbonyl (C=O) groups is 2. The third-order valence-electron chi connectivity index (χ3n) is 4.70. The third kappa shape index (κ3) is 4.20. The Morgan fingerprint density at radius 1 is 0.806 bits per heavy atom. The van der Waals surface area contributed by atoms with Crippen LogP contribution < -0.4 is 20.1 Å². The van der Waals surface area contributed by atoms with Crippen molar-refractivity contribution >= 4 is 34.2 Å². The monoisotopic (exact) mass is 416 g/mol. The lowest BCUT2D eigenvalue weighted by Gasteiger charge is -2.11. The number of nitrogens with one attached hydrogen (secondary N) is 2. The highest BCUT2D eigenvalue weighted by molar-refractivity contribution is 6.12. The molecule has 4 aromatic rings. The average molecular weight is 416 g/mol. The minimum Gasteiger partial charge on any atom is -0.497 e. The molecule has 31 heavy (non-hydrogen) atoms. The largest absolute Gasteiger partial charge is 0.497 e. The van der Waals surface area contributed by atoms with E-state index in [0.29, 0.717) is 34.0 Å². The number of para-hydroxylation sites is 2. The van der Waals surface area contributed by atoms with Crippen molar-refractivity contribution in [2.24, 2.45) is 0 Å². The highest BCUT2D eigenvalue weighted by Crippen LogP contribution is 2.29. The molecule has 1 aromatic heterocycles. The van der Waals surface area contributed by atoms with Crippen LogP contribution in [0.1, 0.15) is 20.9 Å². The first-order valence-corrected chi connectivity index (χ1v) is 9.51. The zero-order valence-electron chi connectivity index (χ0n) is 17.0. The van der Waals surface area contributed by atoms with Crippen molar-refractivity contribution in [2.75, 3.05) is 24.9 Å². The number of rotatable bonds is 6. The summed E-state index contributed by atoms with van der Waals surface area (Å²) < 4.78 is 16.2. The Kier molecular flexibility index (Phi) is 5.57. The smallest absolute Gasteiger partial charge is 0.291 e. The molecule has 2 N–H and O–H groups in total. The molecule has 0 aliphatic rings. The SMILES string of the molecule is COc1cccc(NC(=O)c2ccccc2NC(=O)c2cc3cccc(OC)c3o2)c1. The number of fused-ring (bicyclic) bond motifs is 1. The standard InChI is InChI=1S/C24H20N2O5/c1-29-17-9-6-8-16(14-17)25-23(27)18-10-3-4-11-19(18)26-24(28)21-13-15-7-5-12-20(30-2)22(15)31-21/h3-14H,1-2H3,(H,25,27)(H,26,28). The van der Waals surface area contributed by atoms with Gasteiger partial charge in [-0.3, -0.25) is 9.59 Å². The fourth-order valence-corrected chi connectivity index (χ4v) is 3.18. The van der Waals surface area contributed by atoms with Crippen LogP contribution in [0.25, 0.3) is 11.0 Å². The molecule has 0 atom stereocenters.